The predicted octanol–water partition coefficient (Wildman–Crippen LogP) is 4.29. The van der Waals surface area contributed by atoms with Crippen LogP contribution in [0.25, 0.3) is 10.6 Å². The zero-order chi connectivity index (χ0) is 25.1. The number of nitrogens with zero attached hydrogens (tertiary/aromatic N) is 4. The largest absolute Gasteiger partial charge is 0.489 e. The summed E-state index contributed by atoms with van der Waals surface area (Å²) in [6, 6.07) is 11.2. The first kappa shape index (κ1) is 24.3. The molecule has 1 aromatic carbocycles. The molecule has 0 fully saturated rings. The van der Waals surface area contributed by atoms with E-state index in [2.05, 4.69) is 20.4 Å². The third-order valence-electron chi connectivity index (χ3n) is 5.80. The molecule has 0 radical (unpaired) electrons. The van der Waals surface area contributed by atoms with Gasteiger partial charge in [0.25, 0.3) is 11.5 Å². The summed E-state index contributed by atoms with van der Waals surface area (Å²) in [5.74, 6) is 0.513. The van der Waals surface area contributed by atoms with Crippen LogP contribution in [0.15, 0.2) is 53.6 Å². The summed E-state index contributed by atoms with van der Waals surface area (Å²) in [5.41, 5.74) is 4.31. The second-order valence-electron chi connectivity index (χ2n) is 8.36. The summed E-state index contributed by atoms with van der Waals surface area (Å²) in [4.78, 5) is 34.9. The highest BCUT2D eigenvalue weighted by Crippen LogP contribution is 2.29. The number of aromatic nitrogens is 4. The Morgan fingerprint density at radius 3 is 2.57 bits per heavy atom. The van der Waals surface area contributed by atoms with Crippen molar-refractivity contribution in [3.63, 3.8) is 0 Å². The van der Waals surface area contributed by atoms with Gasteiger partial charge in [-0.3, -0.25) is 14.6 Å². The lowest BCUT2D eigenvalue weighted by atomic mass is 10.1. The van der Waals surface area contributed by atoms with Gasteiger partial charge >= 0.3 is 0 Å². The Bertz CT molecular complexity index is 1410. The molecule has 1 unspecified atom stereocenters. The Kier molecular flexibility index (Phi) is 7.07. The normalized spacial score (nSPS) is 11.8. The third kappa shape index (κ3) is 5.30. The Hall–Kier alpha value is -3.85. The fraction of sp³-hybridized carbons (Fsp3) is 0.269. The Morgan fingerprint density at radius 1 is 1.14 bits per heavy atom. The molecule has 0 spiro atoms. The van der Waals surface area contributed by atoms with Crippen molar-refractivity contribution in [1.82, 2.24) is 25.1 Å². The smallest absolute Gasteiger partial charge is 0.277 e. The molecule has 35 heavy (non-hydrogen) atoms. The van der Waals surface area contributed by atoms with Gasteiger partial charge in [-0.25, -0.2) is 9.67 Å². The maximum atomic E-state index is 13.1. The summed E-state index contributed by atoms with van der Waals surface area (Å²) in [6.07, 6.45) is 3.50. The van der Waals surface area contributed by atoms with E-state index in [1.807, 2.05) is 57.2 Å². The van der Waals surface area contributed by atoms with Gasteiger partial charge in [0, 0.05) is 25.0 Å². The number of hydrogen-bond donors (Lipinski definition) is 1. The minimum Gasteiger partial charge on any atom is -0.489 e. The highest BCUT2D eigenvalue weighted by atomic mass is 32.1. The van der Waals surface area contributed by atoms with E-state index in [9.17, 15) is 9.59 Å². The van der Waals surface area contributed by atoms with E-state index in [0.717, 1.165) is 28.1 Å². The lowest BCUT2D eigenvalue weighted by Gasteiger charge is -2.15. The molecule has 4 aromatic rings. The number of pyridine rings is 1. The molecular formula is C26H27N5O3S. The summed E-state index contributed by atoms with van der Waals surface area (Å²) >= 11 is 1.22. The van der Waals surface area contributed by atoms with Gasteiger partial charge < -0.3 is 10.1 Å². The zero-order valence-electron chi connectivity index (χ0n) is 20.3. The van der Waals surface area contributed by atoms with Gasteiger partial charge in [-0.15, -0.1) is 11.3 Å². The minimum atomic E-state index is -0.229. The van der Waals surface area contributed by atoms with Crippen LogP contribution in [0.4, 0.5) is 0 Å². The molecule has 180 valence electrons. The summed E-state index contributed by atoms with van der Waals surface area (Å²) in [6.45, 7) is 7.84. The van der Waals surface area contributed by atoms with Crippen molar-refractivity contribution in [2.75, 3.05) is 0 Å². The number of rotatable bonds is 7. The van der Waals surface area contributed by atoms with Gasteiger partial charge in [-0.1, -0.05) is 18.2 Å². The van der Waals surface area contributed by atoms with E-state index in [0.29, 0.717) is 27.7 Å². The standard InChI is InChI=1S/C26H27N5O3S/c1-15-16(2)30-31(5)26(33)22(15)25-29-18(4)23(35-25)24(32)28-17(3)20-8-10-21(11-9-20)34-14-19-7-6-12-27-13-19/h6-13,17H,14H2,1-5H3,(H,28,32). The highest BCUT2D eigenvalue weighted by Gasteiger charge is 2.22. The molecule has 3 aromatic heterocycles. The minimum absolute atomic E-state index is 0.224. The van der Waals surface area contributed by atoms with E-state index < -0.39 is 0 Å². The Balaban J connectivity index is 1.46. The Morgan fingerprint density at radius 2 is 1.89 bits per heavy atom. The zero-order valence-corrected chi connectivity index (χ0v) is 21.1. The number of benzene rings is 1. The lowest BCUT2D eigenvalue weighted by Crippen LogP contribution is -2.26. The van der Waals surface area contributed by atoms with Crippen molar-refractivity contribution < 1.29 is 9.53 Å². The highest BCUT2D eigenvalue weighted by molar-refractivity contribution is 7.17. The molecule has 1 atom stereocenters. The van der Waals surface area contributed by atoms with Crippen molar-refractivity contribution in [2.24, 2.45) is 7.05 Å². The van der Waals surface area contributed by atoms with Crippen molar-refractivity contribution in [1.29, 1.82) is 0 Å². The molecule has 0 aliphatic heterocycles. The number of ether oxygens (including phenoxy) is 1. The molecule has 0 saturated heterocycles. The van der Waals surface area contributed by atoms with Gasteiger partial charge in [0.05, 0.1) is 23.0 Å². The second kappa shape index (κ2) is 10.2. The van der Waals surface area contributed by atoms with Crippen LogP contribution in [0.3, 0.4) is 0 Å². The SMILES string of the molecule is Cc1nc(-c2c(C)c(C)nn(C)c2=O)sc1C(=O)NC(C)c1ccc(OCc2cccnc2)cc1. The number of carbonyl (C=O) groups excluding carboxylic acids is 1. The van der Waals surface area contributed by atoms with E-state index in [1.165, 1.54) is 16.0 Å². The number of thiazole rings is 1. The van der Waals surface area contributed by atoms with Crippen LogP contribution in [-0.4, -0.2) is 25.7 Å². The first-order valence-electron chi connectivity index (χ1n) is 11.2. The topological polar surface area (TPSA) is 99.0 Å². The molecule has 9 heteroatoms. The summed E-state index contributed by atoms with van der Waals surface area (Å²) in [7, 11) is 1.61. The molecule has 1 amide bonds. The monoisotopic (exact) mass is 489 g/mol. The van der Waals surface area contributed by atoms with Gasteiger partial charge in [-0.05, 0) is 57.0 Å². The number of aryl methyl sites for hydroxylation is 3. The molecule has 8 nitrogen and oxygen atoms in total. The van der Waals surface area contributed by atoms with Gasteiger partial charge in [0.2, 0.25) is 0 Å². The molecule has 1 N–H and O–H groups in total. The fourth-order valence-electron chi connectivity index (χ4n) is 3.66. The quantitative estimate of drug-likeness (QED) is 0.416. The lowest BCUT2D eigenvalue weighted by molar-refractivity contribution is 0.0943. The van der Waals surface area contributed by atoms with E-state index >= 15 is 0 Å². The molecule has 0 aliphatic rings. The molecule has 4 rings (SSSR count). The van der Waals surface area contributed by atoms with Crippen molar-refractivity contribution in [3.05, 3.63) is 92.1 Å². The summed E-state index contributed by atoms with van der Waals surface area (Å²) in [5, 5.41) is 7.78. The van der Waals surface area contributed by atoms with Crippen LogP contribution in [0.1, 0.15) is 50.7 Å². The molecule has 3 heterocycles. The fourth-order valence-corrected chi connectivity index (χ4v) is 4.73. The van der Waals surface area contributed by atoms with Crippen molar-refractivity contribution in [2.45, 2.75) is 40.3 Å². The molecule has 0 aliphatic carbocycles. The first-order chi connectivity index (χ1) is 16.7. The molecule has 0 bridgehead atoms. The Labute approximate surface area is 207 Å². The number of nitrogens with one attached hydrogen (secondary N) is 1. The average Bonchev–Trinajstić information content (AvgIpc) is 3.23. The van der Waals surface area contributed by atoms with E-state index in [-0.39, 0.29) is 17.5 Å². The van der Waals surface area contributed by atoms with Crippen molar-refractivity contribution in [3.8, 4) is 16.3 Å². The van der Waals surface area contributed by atoms with Crippen LogP contribution in [0.5, 0.6) is 5.75 Å². The van der Waals surface area contributed by atoms with Crippen LogP contribution in [0.2, 0.25) is 0 Å². The predicted molar refractivity (Wildman–Crippen MR) is 136 cm³/mol. The maximum Gasteiger partial charge on any atom is 0.277 e. The van der Waals surface area contributed by atoms with Crippen LogP contribution >= 0.6 is 11.3 Å². The van der Waals surface area contributed by atoms with Gasteiger partial charge in [-0.2, -0.15) is 5.10 Å². The van der Waals surface area contributed by atoms with Gasteiger partial charge in [0.15, 0.2) is 0 Å². The number of amides is 1. The second-order valence-corrected chi connectivity index (χ2v) is 9.36. The van der Waals surface area contributed by atoms with Crippen LogP contribution in [-0.2, 0) is 13.7 Å². The van der Waals surface area contributed by atoms with E-state index in [4.69, 9.17) is 4.74 Å². The average molecular weight is 490 g/mol. The molecule has 0 saturated carbocycles. The molecular weight excluding hydrogens is 462 g/mol. The maximum absolute atomic E-state index is 13.1. The third-order valence-corrected chi connectivity index (χ3v) is 6.97. The van der Waals surface area contributed by atoms with Crippen LogP contribution < -0.4 is 15.6 Å². The van der Waals surface area contributed by atoms with E-state index in [1.54, 1.807) is 26.4 Å². The first-order valence-corrected chi connectivity index (χ1v) is 12.0. The van der Waals surface area contributed by atoms with Crippen molar-refractivity contribution >= 4 is 17.2 Å². The summed E-state index contributed by atoms with van der Waals surface area (Å²) < 4.78 is 7.11. The van der Waals surface area contributed by atoms with Crippen LogP contribution in [0, 0.1) is 20.8 Å². The van der Waals surface area contributed by atoms with Gasteiger partial charge in [0.1, 0.15) is 22.2 Å². The number of carbonyl (C=O) groups is 1. The number of hydrogen-bond acceptors (Lipinski definition) is 7.